The number of carbonyl (C=O) groups excluding carboxylic acids is 1. The van der Waals surface area contributed by atoms with E-state index in [1.807, 2.05) is 13.8 Å². The highest BCUT2D eigenvalue weighted by Crippen LogP contribution is 2.34. The fourth-order valence-corrected chi connectivity index (χ4v) is 2.83. The zero-order valence-corrected chi connectivity index (χ0v) is 11.4. The molecule has 94 valence electrons. The Morgan fingerprint density at radius 1 is 1.53 bits per heavy atom. The van der Waals surface area contributed by atoms with E-state index in [4.69, 9.17) is 11.6 Å². The van der Waals surface area contributed by atoms with Gasteiger partial charge in [-0.25, -0.2) is 0 Å². The van der Waals surface area contributed by atoms with E-state index in [1.54, 1.807) is 10.9 Å². The quantitative estimate of drug-likeness (QED) is 0.771. The second kappa shape index (κ2) is 4.81. The van der Waals surface area contributed by atoms with Crippen molar-refractivity contribution in [2.75, 3.05) is 0 Å². The SMILES string of the molecule is CC1CCC(C(=O)c2c(Cl)cnn2C(C)C)C1. The largest absolute Gasteiger partial charge is 0.292 e. The van der Waals surface area contributed by atoms with E-state index in [0.717, 1.165) is 19.3 Å². The van der Waals surface area contributed by atoms with Gasteiger partial charge < -0.3 is 0 Å². The predicted octanol–water partition coefficient (Wildman–Crippen LogP) is 3.74. The molecule has 1 aromatic rings. The number of aromatic nitrogens is 2. The number of carbonyl (C=O) groups is 1. The summed E-state index contributed by atoms with van der Waals surface area (Å²) < 4.78 is 1.74. The minimum atomic E-state index is 0.136. The molecule has 2 rings (SSSR count). The van der Waals surface area contributed by atoms with E-state index in [-0.39, 0.29) is 17.7 Å². The van der Waals surface area contributed by atoms with Crippen LogP contribution in [0.1, 0.15) is 56.6 Å². The van der Waals surface area contributed by atoms with Crippen LogP contribution >= 0.6 is 11.6 Å². The van der Waals surface area contributed by atoms with Crippen LogP contribution in [-0.4, -0.2) is 15.6 Å². The first-order valence-electron chi connectivity index (χ1n) is 6.28. The van der Waals surface area contributed by atoms with E-state index in [9.17, 15) is 4.79 Å². The molecule has 0 N–H and O–H groups in total. The Hall–Kier alpha value is -0.830. The van der Waals surface area contributed by atoms with Crippen molar-refractivity contribution in [1.29, 1.82) is 0 Å². The van der Waals surface area contributed by atoms with Crippen molar-refractivity contribution in [3.05, 3.63) is 16.9 Å². The average Bonchev–Trinajstić information content (AvgIpc) is 2.83. The van der Waals surface area contributed by atoms with Gasteiger partial charge in [-0.1, -0.05) is 18.5 Å². The monoisotopic (exact) mass is 254 g/mol. The van der Waals surface area contributed by atoms with Gasteiger partial charge in [-0.15, -0.1) is 0 Å². The first-order valence-corrected chi connectivity index (χ1v) is 6.65. The molecule has 3 nitrogen and oxygen atoms in total. The summed E-state index contributed by atoms with van der Waals surface area (Å²) in [6, 6.07) is 0.167. The molecule has 0 aliphatic heterocycles. The number of hydrogen-bond donors (Lipinski definition) is 0. The standard InChI is InChI=1S/C13H19ClN2O/c1-8(2)16-12(11(14)7-15-16)13(17)10-5-4-9(3)6-10/h7-10H,4-6H2,1-3H3. The molecule has 1 fully saturated rings. The number of rotatable bonds is 3. The zero-order valence-electron chi connectivity index (χ0n) is 10.6. The van der Waals surface area contributed by atoms with Crippen LogP contribution in [0.2, 0.25) is 5.02 Å². The first-order chi connectivity index (χ1) is 8.00. The predicted molar refractivity (Wildman–Crippen MR) is 68.5 cm³/mol. The summed E-state index contributed by atoms with van der Waals surface area (Å²) in [6.07, 6.45) is 4.69. The highest BCUT2D eigenvalue weighted by Gasteiger charge is 2.31. The van der Waals surface area contributed by atoms with Gasteiger partial charge >= 0.3 is 0 Å². The second-order valence-corrected chi connectivity index (χ2v) is 5.77. The third-order valence-corrected chi connectivity index (χ3v) is 3.82. The Labute approximate surface area is 107 Å². The van der Waals surface area contributed by atoms with Crippen LogP contribution in [0.4, 0.5) is 0 Å². The lowest BCUT2D eigenvalue weighted by Gasteiger charge is -2.13. The van der Waals surface area contributed by atoms with Gasteiger partial charge in [-0.2, -0.15) is 5.10 Å². The Bertz CT molecular complexity index is 425. The molecule has 0 aromatic carbocycles. The summed E-state index contributed by atoms with van der Waals surface area (Å²) in [5, 5.41) is 4.68. The molecule has 1 heterocycles. The van der Waals surface area contributed by atoms with Gasteiger partial charge in [-0.3, -0.25) is 9.48 Å². The summed E-state index contributed by atoms with van der Waals surface area (Å²) in [7, 11) is 0. The molecule has 0 saturated heterocycles. The van der Waals surface area contributed by atoms with Crippen molar-refractivity contribution < 1.29 is 4.79 Å². The van der Waals surface area contributed by atoms with Crippen LogP contribution in [0.5, 0.6) is 0 Å². The fraction of sp³-hybridized carbons (Fsp3) is 0.692. The molecule has 0 radical (unpaired) electrons. The Balaban J connectivity index is 2.27. The van der Waals surface area contributed by atoms with Gasteiger partial charge in [0.05, 0.1) is 11.2 Å². The number of nitrogens with zero attached hydrogens (tertiary/aromatic N) is 2. The molecule has 2 atom stereocenters. The third-order valence-electron chi connectivity index (χ3n) is 3.54. The summed E-state index contributed by atoms with van der Waals surface area (Å²) in [4.78, 5) is 12.5. The maximum absolute atomic E-state index is 12.5. The van der Waals surface area contributed by atoms with Crippen LogP contribution < -0.4 is 0 Å². The van der Waals surface area contributed by atoms with E-state index in [1.165, 1.54) is 0 Å². The summed E-state index contributed by atoms with van der Waals surface area (Å²) >= 11 is 6.09. The van der Waals surface area contributed by atoms with Gasteiger partial charge in [0.25, 0.3) is 0 Å². The minimum absolute atomic E-state index is 0.136. The van der Waals surface area contributed by atoms with Crippen LogP contribution in [-0.2, 0) is 0 Å². The van der Waals surface area contributed by atoms with Gasteiger partial charge in [0.1, 0.15) is 5.69 Å². The molecule has 1 aliphatic rings. The number of Topliss-reactive ketones (excluding diaryl/α,β-unsaturated/α-hetero) is 1. The molecule has 0 spiro atoms. The smallest absolute Gasteiger partial charge is 0.185 e. The summed E-state index contributed by atoms with van der Waals surface area (Å²) in [5.41, 5.74) is 0.598. The molecule has 4 heteroatoms. The van der Waals surface area contributed by atoms with E-state index >= 15 is 0 Å². The van der Waals surface area contributed by atoms with Crippen molar-refractivity contribution in [3.8, 4) is 0 Å². The Morgan fingerprint density at radius 2 is 2.24 bits per heavy atom. The molecular formula is C13H19ClN2O. The van der Waals surface area contributed by atoms with Crippen molar-refractivity contribution in [1.82, 2.24) is 9.78 Å². The maximum Gasteiger partial charge on any atom is 0.185 e. The Morgan fingerprint density at radius 3 is 2.76 bits per heavy atom. The van der Waals surface area contributed by atoms with Crippen molar-refractivity contribution >= 4 is 17.4 Å². The number of ketones is 1. The fourth-order valence-electron chi connectivity index (χ4n) is 2.60. The van der Waals surface area contributed by atoms with Crippen LogP contribution in [0.15, 0.2) is 6.20 Å². The van der Waals surface area contributed by atoms with Crippen molar-refractivity contribution in [2.45, 2.75) is 46.1 Å². The molecule has 1 aromatic heterocycles. The zero-order chi connectivity index (χ0) is 12.6. The van der Waals surface area contributed by atoms with Gasteiger partial charge in [0.15, 0.2) is 5.78 Å². The van der Waals surface area contributed by atoms with Gasteiger partial charge in [0, 0.05) is 12.0 Å². The minimum Gasteiger partial charge on any atom is -0.292 e. The highest BCUT2D eigenvalue weighted by atomic mass is 35.5. The first kappa shape index (κ1) is 12.6. The van der Waals surface area contributed by atoms with Crippen LogP contribution in [0, 0.1) is 11.8 Å². The molecule has 0 bridgehead atoms. The summed E-state index contributed by atoms with van der Waals surface area (Å²) in [5.74, 6) is 0.959. The highest BCUT2D eigenvalue weighted by molar-refractivity contribution is 6.33. The molecular weight excluding hydrogens is 236 g/mol. The van der Waals surface area contributed by atoms with E-state index < -0.39 is 0 Å². The van der Waals surface area contributed by atoms with Crippen LogP contribution in [0.3, 0.4) is 0 Å². The second-order valence-electron chi connectivity index (χ2n) is 5.36. The molecule has 17 heavy (non-hydrogen) atoms. The Kier molecular flexibility index (Phi) is 3.57. The lowest BCUT2D eigenvalue weighted by atomic mass is 9.98. The maximum atomic E-state index is 12.5. The lowest BCUT2D eigenvalue weighted by Crippen LogP contribution is -2.19. The van der Waals surface area contributed by atoms with Gasteiger partial charge in [0.2, 0.25) is 0 Å². The van der Waals surface area contributed by atoms with Crippen molar-refractivity contribution in [2.24, 2.45) is 11.8 Å². The molecule has 1 aliphatic carbocycles. The lowest BCUT2D eigenvalue weighted by molar-refractivity contribution is 0.0907. The molecule has 2 unspecified atom stereocenters. The summed E-state index contributed by atoms with van der Waals surface area (Å²) in [6.45, 7) is 6.23. The van der Waals surface area contributed by atoms with Gasteiger partial charge in [-0.05, 0) is 39.0 Å². The number of halogens is 1. The number of hydrogen-bond acceptors (Lipinski definition) is 2. The van der Waals surface area contributed by atoms with E-state index in [2.05, 4.69) is 12.0 Å². The molecule has 0 amide bonds. The normalized spacial score (nSPS) is 24.5. The van der Waals surface area contributed by atoms with E-state index in [0.29, 0.717) is 16.6 Å². The average molecular weight is 255 g/mol. The third kappa shape index (κ3) is 2.39. The molecule has 1 saturated carbocycles. The van der Waals surface area contributed by atoms with Crippen LogP contribution in [0.25, 0.3) is 0 Å². The van der Waals surface area contributed by atoms with Crippen molar-refractivity contribution in [3.63, 3.8) is 0 Å². The topological polar surface area (TPSA) is 34.9 Å².